The molecule has 0 amide bonds. The molecule has 70 valence electrons. The van der Waals surface area contributed by atoms with Gasteiger partial charge in [-0.1, -0.05) is 17.4 Å². The number of fused-ring (bicyclic) bond motifs is 3. The molecule has 2 N–H and O–H groups in total. The van der Waals surface area contributed by atoms with E-state index in [0.29, 0.717) is 10.5 Å². The Bertz CT molecular complexity index is 627. The van der Waals surface area contributed by atoms with Crippen molar-refractivity contribution < 1.29 is 4.39 Å². The fraction of sp³-hybridized carbons (Fsp3) is 0. The standard InChI is InChI=1S/C8H5FN4S/c9-4-2-1-3-5-6(4)13-7(10)11-12-8(13)14-5/h1-3H,(H2,10,11). The third kappa shape index (κ3) is 0.805. The first-order valence-electron chi connectivity index (χ1n) is 3.95. The summed E-state index contributed by atoms with van der Waals surface area (Å²) in [6.45, 7) is 0. The molecule has 1 aromatic carbocycles. The van der Waals surface area contributed by atoms with Gasteiger partial charge >= 0.3 is 0 Å². The zero-order valence-electron chi connectivity index (χ0n) is 6.94. The van der Waals surface area contributed by atoms with Crippen LogP contribution in [0.25, 0.3) is 15.2 Å². The minimum atomic E-state index is -0.305. The summed E-state index contributed by atoms with van der Waals surface area (Å²) < 4.78 is 15.8. The van der Waals surface area contributed by atoms with E-state index >= 15 is 0 Å². The molecule has 0 saturated carbocycles. The fourth-order valence-corrected chi connectivity index (χ4v) is 2.44. The van der Waals surface area contributed by atoms with E-state index < -0.39 is 0 Å². The highest BCUT2D eigenvalue weighted by Gasteiger charge is 2.12. The molecule has 0 bridgehead atoms. The van der Waals surface area contributed by atoms with Gasteiger partial charge in [0.2, 0.25) is 10.9 Å². The van der Waals surface area contributed by atoms with Gasteiger partial charge < -0.3 is 5.73 Å². The maximum atomic E-state index is 13.5. The molecule has 4 nitrogen and oxygen atoms in total. The van der Waals surface area contributed by atoms with Crippen LogP contribution < -0.4 is 5.73 Å². The van der Waals surface area contributed by atoms with Crippen molar-refractivity contribution in [3.63, 3.8) is 0 Å². The number of hydrogen-bond acceptors (Lipinski definition) is 4. The third-order valence-electron chi connectivity index (χ3n) is 2.03. The minimum Gasteiger partial charge on any atom is -0.368 e. The molecule has 0 aliphatic heterocycles. The second-order valence-electron chi connectivity index (χ2n) is 2.86. The summed E-state index contributed by atoms with van der Waals surface area (Å²) in [6.07, 6.45) is 0. The Kier molecular flexibility index (Phi) is 1.33. The Morgan fingerprint density at radius 3 is 3.07 bits per heavy atom. The van der Waals surface area contributed by atoms with Gasteiger partial charge in [0.25, 0.3) is 0 Å². The molecule has 2 heterocycles. The van der Waals surface area contributed by atoms with E-state index in [1.54, 1.807) is 6.07 Å². The Hall–Kier alpha value is -1.69. The highest BCUT2D eigenvalue weighted by Crippen LogP contribution is 2.28. The number of thiazole rings is 1. The molecule has 0 fully saturated rings. The van der Waals surface area contributed by atoms with Gasteiger partial charge in [0.1, 0.15) is 11.3 Å². The predicted molar refractivity (Wildman–Crippen MR) is 52.7 cm³/mol. The summed E-state index contributed by atoms with van der Waals surface area (Å²) >= 11 is 1.37. The summed E-state index contributed by atoms with van der Waals surface area (Å²) in [7, 11) is 0. The van der Waals surface area contributed by atoms with Gasteiger partial charge in [0.05, 0.1) is 4.70 Å². The van der Waals surface area contributed by atoms with E-state index in [2.05, 4.69) is 10.2 Å². The van der Waals surface area contributed by atoms with Gasteiger partial charge in [-0.3, -0.25) is 0 Å². The lowest BCUT2D eigenvalue weighted by Gasteiger charge is -1.93. The summed E-state index contributed by atoms with van der Waals surface area (Å²) in [6, 6.07) is 4.89. The lowest BCUT2D eigenvalue weighted by molar-refractivity contribution is 0.636. The second kappa shape index (κ2) is 2.42. The molecule has 0 spiro atoms. The molecule has 14 heavy (non-hydrogen) atoms. The minimum absolute atomic E-state index is 0.219. The van der Waals surface area contributed by atoms with Crippen LogP contribution in [-0.4, -0.2) is 14.6 Å². The zero-order chi connectivity index (χ0) is 9.71. The lowest BCUT2D eigenvalue weighted by Crippen LogP contribution is -1.93. The molecule has 0 radical (unpaired) electrons. The predicted octanol–water partition coefficient (Wildman–Crippen LogP) is 1.67. The van der Waals surface area contributed by atoms with Crippen molar-refractivity contribution in [1.29, 1.82) is 0 Å². The molecule has 0 saturated heterocycles. The number of rotatable bonds is 0. The van der Waals surface area contributed by atoms with Gasteiger partial charge in [-0.2, -0.15) is 0 Å². The van der Waals surface area contributed by atoms with Crippen LogP contribution in [-0.2, 0) is 0 Å². The molecule has 6 heteroatoms. The van der Waals surface area contributed by atoms with E-state index in [1.165, 1.54) is 21.8 Å². The van der Waals surface area contributed by atoms with Gasteiger partial charge in [0.15, 0.2) is 0 Å². The largest absolute Gasteiger partial charge is 0.368 e. The van der Waals surface area contributed by atoms with Crippen molar-refractivity contribution in [2.75, 3.05) is 5.73 Å². The molecule has 0 atom stereocenters. The summed E-state index contributed by atoms with van der Waals surface area (Å²) in [5, 5.41) is 7.52. The van der Waals surface area contributed by atoms with Crippen LogP contribution in [0.2, 0.25) is 0 Å². The fourth-order valence-electron chi connectivity index (χ4n) is 1.45. The number of nitrogens with zero attached hydrogens (tertiary/aromatic N) is 3. The number of nitrogens with two attached hydrogens (primary N) is 1. The summed E-state index contributed by atoms with van der Waals surface area (Å²) in [5.41, 5.74) is 6.04. The normalized spacial score (nSPS) is 11.5. The second-order valence-corrected chi connectivity index (χ2v) is 3.87. The van der Waals surface area contributed by atoms with Crippen LogP contribution in [0.5, 0.6) is 0 Å². The first-order chi connectivity index (χ1) is 6.77. The maximum Gasteiger partial charge on any atom is 0.227 e. The van der Waals surface area contributed by atoms with Crippen molar-refractivity contribution in [2.45, 2.75) is 0 Å². The van der Waals surface area contributed by atoms with E-state index in [0.717, 1.165) is 4.70 Å². The van der Waals surface area contributed by atoms with Gasteiger partial charge in [-0.25, -0.2) is 8.79 Å². The average Bonchev–Trinajstić information content (AvgIpc) is 2.67. The van der Waals surface area contributed by atoms with E-state index in [4.69, 9.17) is 5.73 Å². The molecule has 3 rings (SSSR count). The molecule has 0 unspecified atom stereocenters. The van der Waals surface area contributed by atoms with Gasteiger partial charge in [-0.05, 0) is 12.1 Å². The van der Waals surface area contributed by atoms with Crippen LogP contribution in [0.3, 0.4) is 0 Å². The first kappa shape index (κ1) is 7.69. The Morgan fingerprint density at radius 1 is 1.36 bits per heavy atom. The smallest absolute Gasteiger partial charge is 0.227 e. The first-order valence-corrected chi connectivity index (χ1v) is 4.76. The Balaban J connectivity index is 2.68. The van der Waals surface area contributed by atoms with Crippen LogP contribution in [0.4, 0.5) is 10.3 Å². The number of aromatic nitrogens is 3. The van der Waals surface area contributed by atoms with Crippen molar-refractivity contribution in [3.8, 4) is 0 Å². The van der Waals surface area contributed by atoms with E-state index in [9.17, 15) is 4.39 Å². The molecule has 0 aliphatic carbocycles. The van der Waals surface area contributed by atoms with Crippen molar-refractivity contribution >= 4 is 32.5 Å². The van der Waals surface area contributed by atoms with Crippen LogP contribution in [0.15, 0.2) is 18.2 Å². The third-order valence-corrected chi connectivity index (χ3v) is 3.03. The highest BCUT2D eigenvalue weighted by molar-refractivity contribution is 7.23. The number of nitrogen functional groups attached to an aromatic ring is 1. The average molecular weight is 208 g/mol. The maximum absolute atomic E-state index is 13.5. The van der Waals surface area contributed by atoms with Crippen LogP contribution >= 0.6 is 11.3 Å². The van der Waals surface area contributed by atoms with Crippen LogP contribution in [0.1, 0.15) is 0 Å². The molecule has 3 aromatic rings. The van der Waals surface area contributed by atoms with E-state index in [1.807, 2.05) is 6.07 Å². The molecular formula is C8H5FN4S. The number of para-hydroxylation sites is 1. The molecule has 2 aromatic heterocycles. The number of benzene rings is 1. The zero-order valence-corrected chi connectivity index (χ0v) is 7.75. The summed E-state index contributed by atoms with van der Waals surface area (Å²) in [5.74, 6) is -0.0865. The lowest BCUT2D eigenvalue weighted by atomic mass is 10.3. The quantitative estimate of drug-likeness (QED) is 0.611. The molecule has 0 aliphatic rings. The number of anilines is 1. The number of halogens is 1. The van der Waals surface area contributed by atoms with Crippen molar-refractivity contribution in [1.82, 2.24) is 14.6 Å². The molecular weight excluding hydrogens is 203 g/mol. The monoisotopic (exact) mass is 208 g/mol. The Morgan fingerprint density at radius 2 is 2.21 bits per heavy atom. The highest BCUT2D eigenvalue weighted by atomic mass is 32.1. The number of hydrogen-bond donors (Lipinski definition) is 1. The SMILES string of the molecule is Nc1nnc2sc3cccc(F)c3n12. The van der Waals surface area contributed by atoms with Crippen molar-refractivity contribution in [2.24, 2.45) is 0 Å². The van der Waals surface area contributed by atoms with Gasteiger partial charge in [-0.15, -0.1) is 10.2 Å². The van der Waals surface area contributed by atoms with E-state index in [-0.39, 0.29) is 11.8 Å². The summed E-state index contributed by atoms with van der Waals surface area (Å²) in [4.78, 5) is 0.614. The topological polar surface area (TPSA) is 56.2 Å². The Labute approximate surface area is 81.8 Å². The van der Waals surface area contributed by atoms with Gasteiger partial charge in [0, 0.05) is 0 Å². The van der Waals surface area contributed by atoms with Crippen LogP contribution in [0, 0.1) is 5.82 Å². The van der Waals surface area contributed by atoms with Crippen molar-refractivity contribution in [3.05, 3.63) is 24.0 Å².